The van der Waals surface area contributed by atoms with Crippen LogP contribution in [0.3, 0.4) is 0 Å². The smallest absolute Gasteiger partial charge is 0.274 e. The van der Waals surface area contributed by atoms with Crippen molar-refractivity contribution in [1.29, 1.82) is 0 Å². The van der Waals surface area contributed by atoms with E-state index in [1.165, 1.54) is 21.2 Å². The normalized spacial score (nSPS) is 14.6. The van der Waals surface area contributed by atoms with Crippen LogP contribution in [0.2, 0.25) is 5.02 Å². The Morgan fingerprint density at radius 1 is 1.28 bits per heavy atom. The van der Waals surface area contributed by atoms with Crippen LogP contribution in [0.1, 0.15) is 28.0 Å². The standard InChI is InChI=1S/C19H17ClN4O/c1-13-4-2-3-5-16(13)14-6-8-23(9-7-14)19(25)17-10-18-21-11-15(20)12-24(18)22-17/h2-6,10-12H,7-9H2,1H3. The van der Waals surface area contributed by atoms with Gasteiger partial charge in [-0.25, -0.2) is 9.50 Å². The summed E-state index contributed by atoms with van der Waals surface area (Å²) in [5.41, 5.74) is 4.83. The average molecular weight is 353 g/mol. The maximum Gasteiger partial charge on any atom is 0.274 e. The fourth-order valence-corrected chi connectivity index (χ4v) is 3.29. The lowest BCUT2D eigenvalue weighted by molar-refractivity contribution is 0.0766. The van der Waals surface area contributed by atoms with Crippen molar-refractivity contribution in [1.82, 2.24) is 19.5 Å². The van der Waals surface area contributed by atoms with Crippen molar-refractivity contribution >= 4 is 28.7 Å². The molecule has 3 aromatic rings. The van der Waals surface area contributed by atoms with Crippen molar-refractivity contribution in [2.45, 2.75) is 13.3 Å². The maximum atomic E-state index is 12.7. The van der Waals surface area contributed by atoms with E-state index in [1.54, 1.807) is 18.5 Å². The molecule has 0 saturated heterocycles. The van der Waals surface area contributed by atoms with Gasteiger partial charge in [-0.1, -0.05) is 41.9 Å². The Bertz CT molecular complexity index is 992. The largest absolute Gasteiger partial charge is 0.333 e. The number of benzene rings is 1. The monoisotopic (exact) mass is 352 g/mol. The van der Waals surface area contributed by atoms with E-state index in [9.17, 15) is 4.79 Å². The molecule has 5 nitrogen and oxygen atoms in total. The SMILES string of the molecule is Cc1ccccc1C1=CCN(C(=O)c2cc3ncc(Cl)cn3n2)CC1. The van der Waals surface area contributed by atoms with Gasteiger partial charge in [-0.05, 0) is 30.0 Å². The van der Waals surface area contributed by atoms with Crippen LogP contribution in [0.15, 0.2) is 48.8 Å². The third kappa shape index (κ3) is 3.03. The van der Waals surface area contributed by atoms with Crippen LogP contribution in [0.25, 0.3) is 11.2 Å². The number of rotatable bonds is 2. The summed E-state index contributed by atoms with van der Waals surface area (Å²) in [5, 5.41) is 4.78. The van der Waals surface area contributed by atoms with Crippen LogP contribution >= 0.6 is 11.6 Å². The van der Waals surface area contributed by atoms with E-state index in [4.69, 9.17) is 11.6 Å². The van der Waals surface area contributed by atoms with Gasteiger partial charge in [0, 0.05) is 25.4 Å². The molecule has 0 fully saturated rings. The van der Waals surface area contributed by atoms with E-state index in [1.807, 2.05) is 11.0 Å². The van der Waals surface area contributed by atoms with Crippen molar-refractivity contribution in [3.63, 3.8) is 0 Å². The number of carbonyl (C=O) groups is 1. The molecule has 0 radical (unpaired) electrons. The van der Waals surface area contributed by atoms with Gasteiger partial charge in [0.15, 0.2) is 11.3 Å². The van der Waals surface area contributed by atoms with E-state index < -0.39 is 0 Å². The number of carbonyl (C=O) groups excluding carboxylic acids is 1. The van der Waals surface area contributed by atoms with Gasteiger partial charge in [0.2, 0.25) is 0 Å². The van der Waals surface area contributed by atoms with Crippen molar-refractivity contribution < 1.29 is 4.79 Å². The lowest BCUT2D eigenvalue weighted by Crippen LogP contribution is -2.35. The van der Waals surface area contributed by atoms with E-state index >= 15 is 0 Å². The molecule has 1 aliphatic rings. The summed E-state index contributed by atoms with van der Waals surface area (Å²) in [6.45, 7) is 3.38. The number of aryl methyl sites for hydroxylation is 1. The maximum absolute atomic E-state index is 12.7. The fraction of sp³-hybridized carbons (Fsp3) is 0.211. The van der Waals surface area contributed by atoms with Crippen LogP contribution < -0.4 is 0 Å². The quantitative estimate of drug-likeness (QED) is 0.707. The number of hydrogen-bond acceptors (Lipinski definition) is 3. The molecule has 1 amide bonds. The molecule has 0 saturated carbocycles. The number of halogens is 1. The predicted octanol–water partition coefficient (Wildman–Crippen LogP) is 3.62. The summed E-state index contributed by atoms with van der Waals surface area (Å²) < 4.78 is 1.54. The molecule has 25 heavy (non-hydrogen) atoms. The molecule has 1 aliphatic heterocycles. The van der Waals surface area contributed by atoms with Gasteiger partial charge in [-0.15, -0.1) is 0 Å². The second-order valence-electron chi connectivity index (χ2n) is 6.15. The highest BCUT2D eigenvalue weighted by molar-refractivity contribution is 6.30. The number of fused-ring (bicyclic) bond motifs is 1. The highest BCUT2D eigenvalue weighted by Gasteiger charge is 2.22. The van der Waals surface area contributed by atoms with E-state index in [0.717, 1.165) is 6.42 Å². The second-order valence-corrected chi connectivity index (χ2v) is 6.59. The molecule has 0 aliphatic carbocycles. The molecule has 126 valence electrons. The topological polar surface area (TPSA) is 50.5 Å². The van der Waals surface area contributed by atoms with Gasteiger partial charge in [-0.2, -0.15) is 5.10 Å². The first kappa shape index (κ1) is 15.8. The molecule has 0 atom stereocenters. The molecular weight excluding hydrogens is 336 g/mol. The minimum atomic E-state index is -0.0818. The Kier molecular flexibility index (Phi) is 4.01. The highest BCUT2D eigenvalue weighted by atomic mass is 35.5. The third-order valence-electron chi connectivity index (χ3n) is 4.49. The zero-order valence-corrected chi connectivity index (χ0v) is 14.6. The Morgan fingerprint density at radius 2 is 2.12 bits per heavy atom. The number of nitrogens with zero attached hydrogens (tertiary/aromatic N) is 4. The predicted molar refractivity (Wildman–Crippen MR) is 97.7 cm³/mol. The van der Waals surface area contributed by atoms with Gasteiger partial charge in [0.05, 0.1) is 11.2 Å². The van der Waals surface area contributed by atoms with Crippen LogP contribution in [-0.4, -0.2) is 38.5 Å². The molecular formula is C19H17ClN4O. The van der Waals surface area contributed by atoms with Crippen molar-refractivity contribution in [2.24, 2.45) is 0 Å². The van der Waals surface area contributed by atoms with Crippen LogP contribution in [0, 0.1) is 6.92 Å². The van der Waals surface area contributed by atoms with Crippen LogP contribution in [-0.2, 0) is 0 Å². The molecule has 3 heterocycles. The highest BCUT2D eigenvalue weighted by Crippen LogP contribution is 2.25. The van der Waals surface area contributed by atoms with Gasteiger partial charge in [0.25, 0.3) is 5.91 Å². The Morgan fingerprint density at radius 3 is 2.88 bits per heavy atom. The first-order chi connectivity index (χ1) is 12.1. The summed E-state index contributed by atoms with van der Waals surface area (Å²) >= 11 is 5.92. The lowest BCUT2D eigenvalue weighted by Gasteiger charge is -2.26. The lowest BCUT2D eigenvalue weighted by atomic mass is 9.95. The molecule has 2 aromatic heterocycles. The molecule has 0 unspecified atom stereocenters. The van der Waals surface area contributed by atoms with Crippen LogP contribution in [0.4, 0.5) is 0 Å². The van der Waals surface area contributed by atoms with E-state index in [-0.39, 0.29) is 5.91 Å². The molecule has 0 bridgehead atoms. The van der Waals surface area contributed by atoms with Gasteiger partial charge >= 0.3 is 0 Å². The first-order valence-electron chi connectivity index (χ1n) is 8.17. The summed E-state index contributed by atoms with van der Waals surface area (Å²) in [7, 11) is 0. The first-order valence-corrected chi connectivity index (χ1v) is 8.55. The Balaban J connectivity index is 1.55. The zero-order valence-electron chi connectivity index (χ0n) is 13.8. The Hall–Kier alpha value is -2.66. The van der Waals surface area contributed by atoms with E-state index in [0.29, 0.717) is 29.5 Å². The van der Waals surface area contributed by atoms with Crippen LogP contribution in [0.5, 0.6) is 0 Å². The van der Waals surface area contributed by atoms with Crippen molar-refractivity contribution in [2.75, 3.05) is 13.1 Å². The number of hydrogen-bond donors (Lipinski definition) is 0. The minimum Gasteiger partial charge on any atom is -0.333 e. The van der Waals surface area contributed by atoms with E-state index in [2.05, 4.69) is 41.3 Å². The van der Waals surface area contributed by atoms with Gasteiger partial charge in [-0.3, -0.25) is 4.79 Å². The summed E-state index contributed by atoms with van der Waals surface area (Å²) in [6, 6.07) is 10.0. The zero-order chi connectivity index (χ0) is 17.4. The molecule has 0 N–H and O–H groups in total. The number of aromatic nitrogens is 3. The summed E-state index contributed by atoms with van der Waals surface area (Å²) in [4.78, 5) is 18.7. The van der Waals surface area contributed by atoms with Gasteiger partial charge < -0.3 is 4.90 Å². The molecule has 6 heteroatoms. The molecule has 4 rings (SSSR count). The van der Waals surface area contributed by atoms with Crippen molar-refractivity contribution in [3.05, 3.63) is 70.6 Å². The summed E-state index contributed by atoms with van der Waals surface area (Å²) in [6.07, 6.45) is 6.17. The minimum absolute atomic E-state index is 0.0818. The second kappa shape index (κ2) is 6.33. The molecule has 1 aromatic carbocycles. The average Bonchev–Trinajstić information content (AvgIpc) is 3.05. The third-order valence-corrected chi connectivity index (χ3v) is 4.68. The summed E-state index contributed by atoms with van der Waals surface area (Å²) in [5.74, 6) is -0.0818. The Labute approximate surface area is 150 Å². The molecule has 0 spiro atoms. The van der Waals surface area contributed by atoms with Gasteiger partial charge in [0.1, 0.15) is 0 Å². The van der Waals surface area contributed by atoms with Crippen molar-refractivity contribution in [3.8, 4) is 0 Å². The fourth-order valence-electron chi connectivity index (χ4n) is 3.15. The number of amides is 1.